The summed E-state index contributed by atoms with van der Waals surface area (Å²) in [6.45, 7) is 3.69. The maximum atomic E-state index is 12.7. The van der Waals surface area contributed by atoms with Crippen molar-refractivity contribution in [2.75, 3.05) is 40.9 Å². The Morgan fingerprint density at radius 3 is 2.50 bits per heavy atom. The largest absolute Gasteiger partial charge is 0.493 e. The normalized spacial score (nSPS) is 14.9. The molecular weight excluding hydrogens is 304 g/mol. The summed E-state index contributed by atoms with van der Waals surface area (Å²) in [6.07, 6.45) is 4.63. The second-order valence-electron chi connectivity index (χ2n) is 6.77. The van der Waals surface area contributed by atoms with Crippen LogP contribution < -0.4 is 9.47 Å². The molecule has 5 heteroatoms. The number of carbonyl (C=O) groups excluding carboxylic acids is 1. The van der Waals surface area contributed by atoms with Gasteiger partial charge in [-0.3, -0.25) is 4.79 Å². The van der Waals surface area contributed by atoms with Crippen molar-refractivity contribution in [3.05, 3.63) is 23.8 Å². The quantitative estimate of drug-likeness (QED) is 0.733. The average molecular weight is 334 g/mol. The Morgan fingerprint density at radius 2 is 1.88 bits per heavy atom. The van der Waals surface area contributed by atoms with Crippen LogP contribution in [-0.2, 0) is 4.79 Å². The third kappa shape index (κ3) is 5.13. The van der Waals surface area contributed by atoms with Gasteiger partial charge in [-0.2, -0.15) is 0 Å². The molecule has 0 saturated heterocycles. The van der Waals surface area contributed by atoms with Gasteiger partial charge in [0.1, 0.15) is 0 Å². The molecule has 0 radical (unpaired) electrons. The molecule has 0 bridgehead atoms. The number of hydrogen-bond donors (Lipinski definition) is 0. The number of amides is 1. The monoisotopic (exact) mass is 334 g/mol. The SMILES string of the molecule is COc1cc(C)ccc1OCC(=O)N(CCN(C)C)C1CCCC1. The standard InChI is InChI=1S/C19H30N2O3/c1-15-9-10-17(18(13-15)23-4)24-14-19(22)21(12-11-20(2)3)16-7-5-6-8-16/h9-10,13,16H,5-8,11-12,14H2,1-4H3. The Hall–Kier alpha value is -1.75. The first kappa shape index (κ1) is 18.6. The lowest BCUT2D eigenvalue weighted by molar-refractivity contribution is -0.135. The van der Waals surface area contributed by atoms with E-state index >= 15 is 0 Å². The number of hydrogen-bond acceptors (Lipinski definition) is 4. The zero-order valence-corrected chi connectivity index (χ0v) is 15.4. The Kier molecular flexibility index (Phi) is 6.91. The summed E-state index contributed by atoms with van der Waals surface area (Å²) in [6, 6.07) is 6.10. The van der Waals surface area contributed by atoms with E-state index in [1.165, 1.54) is 12.8 Å². The first-order chi connectivity index (χ1) is 11.5. The van der Waals surface area contributed by atoms with Crippen LogP contribution in [0.5, 0.6) is 11.5 Å². The van der Waals surface area contributed by atoms with Gasteiger partial charge < -0.3 is 19.3 Å². The van der Waals surface area contributed by atoms with Crippen molar-refractivity contribution in [3.63, 3.8) is 0 Å². The lowest BCUT2D eigenvalue weighted by Gasteiger charge is -2.30. The molecule has 0 atom stereocenters. The molecule has 0 heterocycles. The van der Waals surface area contributed by atoms with Gasteiger partial charge in [-0.1, -0.05) is 18.9 Å². The third-order valence-electron chi connectivity index (χ3n) is 4.54. The Balaban J connectivity index is 1.99. The molecule has 1 aliphatic rings. The predicted molar refractivity (Wildman–Crippen MR) is 95.7 cm³/mol. The van der Waals surface area contributed by atoms with Crippen LogP contribution in [0.15, 0.2) is 18.2 Å². The number of nitrogens with zero attached hydrogens (tertiary/aromatic N) is 2. The predicted octanol–water partition coefficient (Wildman–Crippen LogP) is 2.72. The van der Waals surface area contributed by atoms with Gasteiger partial charge in [0.2, 0.25) is 0 Å². The van der Waals surface area contributed by atoms with Gasteiger partial charge in [0, 0.05) is 19.1 Å². The van der Waals surface area contributed by atoms with Crippen molar-refractivity contribution < 1.29 is 14.3 Å². The van der Waals surface area contributed by atoms with Crippen molar-refractivity contribution in [1.82, 2.24) is 9.80 Å². The molecule has 1 aromatic rings. The van der Waals surface area contributed by atoms with E-state index in [-0.39, 0.29) is 12.5 Å². The first-order valence-electron chi connectivity index (χ1n) is 8.73. The fourth-order valence-corrected chi connectivity index (χ4v) is 3.15. The first-order valence-corrected chi connectivity index (χ1v) is 8.73. The van der Waals surface area contributed by atoms with E-state index in [9.17, 15) is 4.79 Å². The molecular formula is C19H30N2O3. The van der Waals surface area contributed by atoms with Crippen LogP contribution >= 0.6 is 0 Å². The van der Waals surface area contributed by atoms with Crippen LogP contribution in [0.2, 0.25) is 0 Å². The summed E-state index contributed by atoms with van der Waals surface area (Å²) in [4.78, 5) is 16.8. The highest BCUT2D eigenvalue weighted by atomic mass is 16.5. The molecule has 5 nitrogen and oxygen atoms in total. The zero-order chi connectivity index (χ0) is 17.5. The number of aryl methyl sites for hydroxylation is 1. The Morgan fingerprint density at radius 1 is 1.17 bits per heavy atom. The van der Waals surface area contributed by atoms with E-state index < -0.39 is 0 Å². The molecule has 0 N–H and O–H groups in total. The third-order valence-corrected chi connectivity index (χ3v) is 4.54. The maximum Gasteiger partial charge on any atom is 0.260 e. The van der Waals surface area contributed by atoms with E-state index in [1.54, 1.807) is 7.11 Å². The van der Waals surface area contributed by atoms with Crippen molar-refractivity contribution in [2.24, 2.45) is 0 Å². The van der Waals surface area contributed by atoms with E-state index in [0.29, 0.717) is 17.5 Å². The highest BCUT2D eigenvalue weighted by molar-refractivity contribution is 5.78. The van der Waals surface area contributed by atoms with E-state index in [4.69, 9.17) is 9.47 Å². The fourth-order valence-electron chi connectivity index (χ4n) is 3.15. The summed E-state index contributed by atoms with van der Waals surface area (Å²) in [5.41, 5.74) is 1.10. The fraction of sp³-hybridized carbons (Fsp3) is 0.632. The van der Waals surface area contributed by atoms with Gasteiger partial charge in [0.05, 0.1) is 7.11 Å². The summed E-state index contributed by atoms with van der Waals surface area (Å²) < 4.78 is 11.1. The topological polar surface area (TPSA) is 42.0 Å². The molecule has 0 aliphatic heterocycles. The molecule has 24 heavy (non-hydrogen) atoms. The van der Waals surface area contributed by atoms with Crippen LogP contribution in [0, 0.1) is 6.92 Å². The van der Waals surface area contributed by atoms with Gasteiger partial charge in [0.25, 0.3) is 5.91 Å². The van der Waals surface area contributed by atoms with Crippen molar-refractivity contribution in [3.8, 4) is 11.5 Å². The molecule has 1 aromatic carbocycles. The summed E-state index contributed by atoms with van der Waals surface area (Å²) in [7, 11) is 5.68. The minimum Gasteiger partial charge on any atom is -0.493 e. The second kappa shape index (κ2) is 8.92. The molecule has 1 aliphatic carbocycles. The smallest absolute Gasteiger partial charge is 0.260 e. The van der Waals surface area contributed by atoms with Crippen LogP contribution in [0.1, 0.15) is 31.2 Å². The Labute approximate surface area is 145 Å². The van der Waals surface area contributed by atoms with Crippen LogP contribution in [0.4, 0.5) is 0 Å². The maximum absolute atomic E-state index is 12.7. The lowest BCUT2D eigenvalue weighted by atomic mass is 10.2. The van der Waals surface area contributed by atoms with Gasteiger partial charge in [-0.25, -0.2) is 0 Å². The average Bonchev–Trinajstić information content (AvgIpc) is 3.07. The highest BCUT2D eigenvalue weighted by Gasteiger charge is 2.26. The molecule has 134 valence electrons. The zero-order valence-electron chi connectivity index (χ0n) is 15.4. The van der Waals surface area contributed by atoms with Crippen LogP contribution in [0.25, 0.3) is 0 Å². The van der Waals surface area contributed by atoms with Gasteiger partial charge >= 0.3 is 0 Å². The van der Waals surface area contributed by atoms with Gasteiger partial charge in [-0.15, -0.1) is 0 Å². The van der Waals surface area contributed by atoms with E-state index in [1.807, 2.05) is 44.1 Å². The van der Waals surface area contributed by atoms with Crippen molar-refractivity contribution in [2.45, 2.75) is 38.6 Å². The lowest BCUT2D eigenvalue weighted by Crippen LogP contribution is -2.44. The number of methoxy groups -OCH3 is 1. The number of ether oxygens (including phenoxy) is 2. The van der Waals surface area contributed by atoms with E-state index in [2.05, 4.69) is 4.90 Å². The van der Waals surface area contributed by atoms with E-state index in [0.717, 1.165) is 31.5 Å². The number of benzene rings is 1. The molecule has 0 spiro atoms. The Bertz CT molecular complexity index is 539. The summed E-state index contributed by atoms with van der Waals surface area (Å²) in [5, 5.41) is 0. The van der Waals surface area contributed by atoms with Crippen molar-refractivity contribution in [1.29, 1.82) is 0 Å². The molecule has 1 saturated carbocycles. The number of carbonyl (C=O) groups is 1. The summed E-state index contributed by atoms with van der Waals surface area (Å²) >= 11 is 0. The minimum absolute atomic E-state index is 0.0589. The molecule has 1 fully saturated rings. The van der Waals surface area contributed by atoms with Gasteiger partial charge in [-0.05, 0) is 51.6 Å². The van der Waals surface area contributed by atoms with Crippen LogP contribution in [-0.4, -0.2) is 62.7 Å². The summed E-state index contributed by atoms with van der Waals surface area (Å²) in [5.74, 6) is 1.35. The number of rotatable bonds is 8. The second-order valence-corrected chi connectivity index (χ2v) is 6.77. The molecule has 0 unspecified atom stereocenters. The highest BCUT2D eigenvalue weighted by Crippen LogP contribution is 2.28. The molecule has 0 aromatic heterocycles. The minimum atomic E-state index is 0.0589. The van der Waals surface area contributed by atoms with Gasteiger partial charge in [0.15, 0.2) is 18.1 Å². The van der Waals surface area contributed by atoms with Crippen molar-refractivity contribution >= 4 is 5.91 Å². The molecule has 2 rings (SSSR count). The number of likely N-dealkylation sites (N-methyl/N-ethyl adjacent to an activating group) is 1. The molecule has 1 amide bonds. The van der Waals surface area contributed by atoms with Crippen LogP contribution in [0.3, 0.4) is 0 Å².